The van der Waals surface area contributed by atoms with Crippen LogP contribution in [-0.2, 0) is 0 Å². The Morgan fingerprint density at radius 3 is 2.05 bits per heavy atom. The molecular formula is C15H20N2O3. The molecule has 0 saturated heterocycles. The third-order valence-corrected chi connectivity index (χ3v) is 3.26. The highest BCUT2D eigenvalue weighted by atomic mass is 16.5. The summed E-state index contributed by atoms with van der Waals surface area (Å²) in [6.45, 7) is 3.83. The molecule has 5 heteroatoms. The van der Waals surface area contributed by atoms with Crippen LogP contribution in [0.4, 0.5) is 0 Å². The molecular weight excluding hydrogens is 256 g/mol. The molecule has 1 atom stereocenters. The van der Waals surface area contributed by atoms with Crippen LogP contribution in [0.2, 0.25) is 0 Å². The average molecular weight is 276 g/mol. The molecule has 1 aromatic carbocycles. The van der Waals surface area contributed by atoms with Gasteiger partial charge in [-0.3, -0.25) is 5.84 Å². The monoisotopic (exact) mass is 276 g/mol. The standard InChI is InChI=1S/C15H20N2O3/c1-9-5-14(10(2)20-9)15(17-16)11-6-12(18-3)8-13(7-11)19-4/h5-8,15,17H,16H2,1-4H3. The smallest absolute Gasteiger partial charge is 0.122 e. The number of nitrogens with one attached hydrogen (secondary N) is 1. The molecule has 0 bridgehead atoms. The van der Waals surface area contributed by atoms with Gasteiger partial charge in [0.1, 0.15) is 23.0 Å². The Morgan fingerprint density at radius 1 is 1.05 bits per heavy atom. The van der Waals surface area contributed by atoms with Gasteiger partial charge in [0.25, 0.3) is 0 Å². The third kappa shape index (κ3) is 2.79. The van der Waals surface area contributed by atoms with E-state index in [0.29, 0.717) is 0 Å². The molecule has 1 heterocycles. The fourth-order valence-corrected chi connectivity index (χ4v) is 2.30. The van der Waals surface area contributed by atoms with Crippen LogP contribution < -0.4 is 20.7 Å². The van der Waals surface area contributed by atoms with E-state index in [4.69, 9.17) is 19.7 Å². The highest BCUT2D eigenvalue weighted by molar-refractivity contribution is 5.43. The zero-order valence-corrected chi connectivity index (χ0v) is 12.2. The van der Waals surface area contributed by atoms with Crippen LogP contribution in [0.3, 0.4) is 0 Å². The van der Waals surface area contributed by atoms with Gasteiger partial charge in [0, 0.05) is 11.6 Å². The number of nitrogens with two attached hydrogens (primary N) is 1. The molecule has 1 unspecified atom stereocenters. The lowest BCUT2D eigenvalue weighted by atomic mass is 9.99. The summed E-state index contributed by atoms with van der Waals surface area (Å²) in [6.07, 6.45) is 0. The fraction of sp³-hybridized carbons (Fsp3) is 0.333. The molecule has 5 nitrogen and oxygen atoms in total. The maximum Gasteiger partial charge on any atom is 0.122 e. The summed E-state index contributed by atoms with van der Waals surface area (Å²) in [7, 11) is 3.24. The number of hydrogen-bond donors (Lipinski definition) is 2. The van der Waals surface area contributed by atoms with Crippen LogP contribution >= 0.6 is 0 Å². The van der Waals surface area contributed by atoms with E-state index >= 15 is 0 Å². The van der Waals surface area contributed by atoms with E-state index in [0.717, 1.165) is 34.1 Å². The highest BCUT2D eigenvalue weighted by Gasteiger charge is 2.19. The lowest BCUT2D eigenvalue weighted by Gasteiger charge is -2.17. The van der Waals surface area contributed by atoms with Crippen LogP contribution in [0.15, 0.2) is 28.7 Å². The first kappa shape index (κ1) is 14.4. The van der Waals surface area contributed by atoms with Gasteiger partial charge in [-0.2, -0.15) is 0 Å². The maximum atomic E-state index is 5.72. The van der Waals surface area contributed by atoms with Crippen LogP contribution in [0.25, 0.3) is 0 Å². The van der Waals surface area contributed by atoms with E-state index in [-0.39, 0.29) is 6.04 Å². The van der Waals surface area contributed by atoms with Crippen LogP contribution in [0, 0.1) is 13.8 Å². The van der Waals surface area contributed by atoms with E-state index in [2.05, 4.69) is 5.43 Å². The van der Waals surface area contributed by atoms with Gasteiger partial charge in [0.2, 0.25) is 0 Å². The van der Waals surface area contributed by atoms with Crippen molar-refractivity contribution in [2.24, 2.45) is 5.84 Å². The third-order valence-electron chi connectivity index (χ3n) is 3.26. The Morgan fingerprint density at radius 2 is 1.65 bits per heavy atom. The lowest BCUT2D eigenvalue weighted by Crippen LogP contribution is -2.29. The number of benzene rings is 1. The minimum absolute atomic E-state index is 0.184. The molecule has 3 N–H and O–H groups in total. The molecule has 1 aromatic heterocycles. The quantitative estimate of drug-likeness (QED) is 0.648. The summed E-state index contributed by atoms with van der Waals surface area (Å²) in [5.41, 5.74) is 4.77. The van der Waals surface area contributed by atoms with Gasteiger partial charge in [0.15, 0.2) is 0 Å². The molecule has 2 rings (SSSR count). The van der Waals surface area contributed by atoms with Gasteiger partial charge in [-0.05, 0) is 37.6 Å². The molecule has 2 aromatic rings. The van der Waals surface area contributed by atoms with Gasteiger partial charge in [-0.1, -0.05) is 0 Å². The first-order valence-corrected chi connectivity index (χ1v) is 6.35. The predicted octanol–water partition coefficient (Wildman–Crippen LogP) is 2.47. The Labute approximate surface area is 118 Å². The van der Waals surface area contributed by atoms with Crippen molar-refractivity contribution in [3.63, 3.8) is 0 Å². The minimum Gasteiger partial charge on any atom is -0.497 e. The minimum atomic E-state index is -0.184. The molecule has 0 aliphatic carbocycles. The number of hydrazine groups is 1. The molecule has 20 heavy (non-hydrogen) atoms. The first-order chi connectivity index (χ1) is 9.58. The molecule has 0 radical (unpaired) electrons. The molecule has 108 valence electrons. The Balaban J connectivity index is 2.48. The predicted molar refractivity (Wildman–Crippen MR) is 76.9 cm³/mol. The molecule has 0 saturated carbocycles. The van der Waals surface area contributed by atoms with E-state index in [1.807, 2.05) is 38.1 Å². The second-order valence-corrected chi connectivity index (χ2v) is 4.61. The summed E-state index contributed by atoms with van der Waals surface area (Å²) in [5, 5.41) is 0. The molecule has 0 fully saturated rings. The van der Waals surface area contributed by atoms with Crippen molar-refractivity contribution in [2.45, 2.75) is 19.9 Å². The maximum absolute atomic E-state index is 5.72. The van der Waals surface area contributed by atoms with E-state index in [9.17, 15) is 0 Å². The number of furan rings is 1. The highest BCUT2D eigenvalue weighted by Crippen LogP contribution is 2.32. The Bertz CT molecular complexity index is 571. The zero-order chi connectivity index (χ0) is 14.7. The largest absolute Gasteiger partial charge is 0.497 e. The lowest BCUT2D eigenvalue weighted by molar-refractivity contribution is 0.392. The second kappa shape index (κ2) is 5.98. The SMILES string of the molecule is COc1cc(OC)cc(C(NN)c2cc(C)oc2C)c1. The molecule has 0 spiro atoms. The van der Waals surface area contributed by atoms with E-state index in [1.165, 1.54) is 0 Å². The Hall–Kier alpha value is -1.98. The van der Waals surface area contributed by atoms with Gasteiger partial charge < -0.3 is 13.9 Å². The van der Waals surface area contributed by atoms with Crippen molar-refractivity contribution in [1.29, 1.82) is 0 Å². The number of aryl methyl sites for hydroxylation is 2. The summed E-state index contributed by atoms with van der Waals surface area (Å²) in [5.74, 6) is 8.86. The topological polar surface area (TPSA) is 69.7 Å². The summed E-state index contributed by atoms with van der Waals surface area (Å²) >= 11 is 0. The van der Waals surface area contributed by atoms with Crippen molar-refractivity contribution in [1.82, 2.24) is 5.43 Å². The Kier molecular flexibility index (Phi) is 4.32. The summed E-state index contributed by atoms with van der Waals surface area (Å²) in [4.78, 5) is 0. The van der Waals surface area contributed by atoms with Crippen molar-refractivity contribution in [3.8, 4) is 11.5 Å². The first-order valence-electron chi connectivity index (χ1n) is 6.35. The number of ether oxygens (including phenoxy) is 2. The second-order valence-electron chi connectivity index (χ2n) is 4.61. The van der Waals surface area contributed by atoms with Gasteiger partial charge >= 0.3 is 0 Å². The number of methoxy groups -OCH3 is 2. The van der Waals surface area contributed by atoms with Crippen molar-refractivity contribution < 1.29 is 13.9 Å². The van der Waals surface area contributed by atoms with Gasteiger partial charge in [0.05, 0.1) is 20.3 Å². The van der Waals surface area contributed by atoms with Gasteiger partial charge in [-0.15, -0.1) is 0 Å². The summed E-state index contributed by atoms with van der Waals surface area (Å²) in [6, 6.07) is 7.47. The molecule has 0 amide bonds. The molecule has 0 aliphatic rings. The van der Waals surface area contributed by atoms with E-state index in [1.54, 1.807) is 14.2 Å². The van der Waals surface area contributed by atoms with Crippen LogP contribution in [0.5, 0.6) is 11.5 Å². The number of rotatable bonds is 5. The van der Waals surface area contributed by atoms with E-state index < -0.39 is 0 Å². The van der Waals surface area contributed by atoms with Crippen molar-refractivity contribution in [2.75, 3.05) is 14.2 Å². The normalized spacial score (nSPS) is 12.2. The summed E-state index contributed by atoms with van der Waals surface area (Å²) < 4.78 is 16.2. The van der Waals surface area contributed by atoms with Crippen LogP contribution in [0.1, 0.15) is 28.7 Å². The van der Waals surface area contributed by atoms with Crippen molar-refractivity contribution >= 4 is 0 Å². The average Bonchev–Trinajstić information content (AvgIpc) is 2.78. The van der Waals surface area contributed by atoms with Crippen molar-refractivity contribution in [3.05, 3.63) is 46.9 Å². The molecule has 0 aliphatic heterocycles. The number of hydrogen-bond acceptors (Lipinski definition) is 5. The van der Waals surface area contributed by atoms with Crippen LogP contribution in [-0.4, -0.2) is 14.2 Å². The fourth-order valence-electron chi connectivity index (χ4n) is 2.30. The zero-order valence-electron chi connectivity index (χ0n) is 12.2. The van der Waals surface area contributed by atoms with Gasteiger partial charge in [-0.25, -0.2) is 5.43 Å².